The van der Waals surface area contributed by atoms with Crippen LogP contribution < -0.4 is 5.32 Å². The van der Waals surface area contributed by atoms with E-state index in [1.807, 2.05) is 67.4 Å². The summed E-state index contributed by atoms with van der Waals surface area (Å²) in [4.78, 5) is 29.9. The second-order valence-corrected chi connectivity index (χ2v) is 10.5. The van der Waals surface area contributed by atoms with Gasteiger partial charge in [0.1, 0.15) is 5.25 Å². The molecule has 5 rings (SSSR count). The highest BCUT2D eigenvalue weighted by Crippen LogP contribution is 2.38. The molecule has 182 valence electrons. The number of rotatable bonds is 5. The smallest absolute Gasteiger partial charge is 0.262 e. The van der Waals surface area contributed by atoms with Gasteiger partial charge < -0.3 is 5.32 Å². The number of hydrogen-bond acceptors (Lipinski definition) is 5. The Morgan fingerprint density at radius 1 is 1.00 bits per heavy atom. The van der Waals surface area contributed by atoms with E-state index < -0.39 is 5.25 Å². The molecular formula is C29H28N4O2S. The lowest BCUT2D eigenvalue weighted by Crippen LogP contribution is -2.25. The number of hydrogen-bond donors (Lipinski definition) is 1. The summed E-state index contributed by atoms with van der Waals surface area (Å²) in [7, 11) is 0. The van der Waals surface area contributed by atoms with Crippen LogP contribution in [-0.4, -0.2) is 33.0 Å². The van der Waals surface area contributed by atoms with Gasteiger partial charge in [0.2, 0.25) is 5.91 Å². The molecular weight excluding hydrogens is 468 g/mol. The Bertz CT molecular complexity index is 1370. The molecule has 2 heterocycles. The van der Waals surface area contributed by atoms with Crippen LogP contribution in [0.15, 0.2) is 82.9 Å². The van der Waals surface area contributed by atoms with Crippen LogP contribution in [0.3, 0.4) is 0 Å². The number of thioether (sulfide) groups is 1. The van der Waals surface area contributed by atoms with Crippen LogP contribution >= 0.6 is 11.8 Å². The Kier molecular flexibility index (Phi) is 6.74. The molecule has 0 saturated carbocycles. The predicted octanol–water partition coefficient (Wildman–Crippen LogP) is 5.79. The van der Waals surface area contributed by atoms with E-state index in [-0.39, 0.29) is 24.3 Å². The molecule has 0 bridgehead atoms. The Labute approximate surface area is 215 Å². The summed E-state index contributed by atoms with van der Waals surface area (Å²) >= 11 is 1.32. The van der Waals surface area contributed by atoms with Crippen LogP contribution in [-0.2, 0) is 9.59 Å². The highest BCUT2D eigenvalue weighted by atomic mass is 32.2. The normalized spacial score (nSPS) is 19.3. The second kappa shape index (κ2) is 10.1. The summed E-state index contributed by atoms with van der Waals surface area (Å²) in [5.74, 6) is -0.494. The van der Waals surface area contributed by atoms with E-state index >= 15 is 0 Å². The van der Waals surface area contributed by atoms with Crippen molar-refractivity contribution in [2.24, 2.45) is 10.1 Å². The highest BCUT2D eigenvalue weighted by Gasteiger charge is 2.39. The van der Waals surface area contributed by atoms with Gasteiger partial charge in [-0.25, -0.2) is 5.01 Å². The van der Waals surface area contributed by atoms with Crippen LogP contribution in [0.25, 0.3) is 0 Å². The highest BCUT2D eigenvalue weighted by molar-refractivity contribution is 8.15. The molecule has 7 heteroatoms. The Morgan fingerprint density at radius 2 is 1.72 bits per heavy atom. The van der Waals surface area contributed by atoms with E-state index in [4.69, 9.17) is 5.10 Å². The number of amides is 2. The lowest BCUT2D eigenvalue weighted by molar-refractivity contribution is -0.121. The quantitative estimate of drug-likeness (QED) is 0.485. The van der Waals surface area contributed by atoms with Gasteiger partial charge in [-0.15, -0.1) is 0 Å². The van der Waals surface area contributed by atoms with Crippen molar-refractivity contribution < 1.29 is 9.59 Å². The van der Waals surface area contributed by atoms with E-state index in [0.717, 1.165) is 33.7 Å². The summed E-state index contributed by atoms with van der Waals surface area (Å²) in [6.07, 6.45) is 0.765. The molecule has 0 fully saturated rings. The van der Waals surface area contributed by atoms with Gasteiger partial charge in [0, 0.05) is 18.5 Å². The van der Waals surface area contributed by atoms with Gasteiger partial charge in [-0.2, -0.15) is 10.1 Å². The second-order valence-electron chi connectivity index (χ2n) is 9.30. The standard InChI is InChI=1S/C29H28N4O2S/c1-18-9-12-22(13-10-18)25-16-24(21-7-5-4-6-8-21)32-33(25)29-31-28(35)26(36-29)17-27(34)30-23-14-11-19(2)15-20(23)3/h4-15,25-26H,16-17H2,1-3H3,(H,30,34). The van der Waals surface area contributed by atoms with Crippen molar-refractivity contribution in [3.05, 3.63) is 101 Å². The van der Waals surface area contributed by atoms with Gasteiger partial charge in [-0.3, -0.25) is 9.59 Å². The van der Waals surface area contributed by atoms with Gasteiger partial charge in [0.25, 0.3) is 5.91 Å². The molecule has 0 saturated heterocycles. The number of carbonyl (C=O) groups is 2. The summed E-state index contributed by atoms with van der Waals surface area (Å²) in [6, 6.07) is 24.3. The van der Waals surface area contributed by atoms with Crippen molar-refractivity contribution in [1.82, 2.24) is 5.01 Å². The Morgan fingerprint density at radius 3 is 2.44 bits per heavy atom. The molecule has 0 radical (unpaired) electrons. The van der Waals surface area contributed by atoms with Gasteiger partial charge in [-0.1, -0.05) is 89.6 Å². The molecule has 2 aliphatic rings. The summed E-state index contributed by atoms with van der Waals surface area (Å²) in [6.45, 7) is 6.03. The lowest BCUT2D eigenvalue weighted by Gasteiger charge is -2.23. The number of hydrazone groups is 1. The monoisotopic (exact) mass is 496 g/mol. The first-order chi connectivity index (χ1) is 17.4. The van der Waals surface area contributed by atoms with Gasteiger partial charge >= 0.3 is 0 Å². The average molecular weight is 497 g/mol. The third kappa shape index (κ3) is 5.11. The van der Waals surface area contributed by atoms with E-state index in [1.54, 1.807) is 0 Å². The fourth-order valence-electron chi connectivity index (χ4n) is 4.47. The largest absolute Gasteiger partial charge is 0.326 e. The zero-order valence-electron chi connectivity index (χ0n) is 20.6. The fourth-order valence-corrected chi connectivity index (χ4v) is 5.53. The van der Waals surface area contributed by atoms with Crippen LogP contribution in [0.2, 0.25) is 0 Å². The van der Waals surface area contributed by atoms with E-state index in [0.29, 0.717) is 11.6 Å². The first-order valence-electron chi connectivity index (χ1n) is 12.0. The molecule has 2 amide bonds. The number of amidine groups is 1. The molecule has 2 atom stereocenters. The minimum atomic E-state index is -0.569. The molecule has 2 aliphatic heterocycles. The lowest BCUT2D eigenvalue weighted by atomic mass is 9.98. The Hall–Kier alpha value is -3.71. The fraction of sp³-hybridized carbons (Fsp3) is 0.241. The third-order valence-corrected chi connectivity index (χ3v) is 7.57. The van der Waals surface area contributed by atoms with Crippen LogP contribution in [0.1, 0.15) is 46.7 Å². The zero-order chi connectivity index (χ0) is 25.2. The van der Waals surface area contributed by atoms with Crippen LogP contribution in [0, 0.1) is 20.8 Å². The molecule has 0 aromatic heterocycles. The zero-order valence-corrected chi connectivity index (χ0v) is 21.4. The summed E-state index contributed by atoms with van der Waals surface area (Å²) < 4.78 is 0. The number of aryl methyl sites for hydroxylation is 3. The Balaban J connectivity index is 1.34. The molecule has 0 spiro atoms. The number of benzene rings is 3. The first-order valence-corrected chi connectivity index (χ1v) is 12.9. The van der Waals surface area contributed by atoms with E-state index in [1.165, 1.54) is 17.3 Å². The minimum absolute atomic E-state index is 0.0577. The number of aliphatic imine (C=N–C) groups is 1. The molecule has 6 nitrogen and oxygen atoms in total. The van der Waals surface area contributed by atoms with Crippen molar-refractivity contribution in [3.8, 4) is 0 Å². The van der Waals surface area contributed by atoms with Gasteiger partial charge in [0.05, 0.1) is 11.8 Å². The van der Waals surface area contributed by atoms with E-state index in [9.17, 15) is 9.59 Å². The maximum Gasteiger partial charge on any atom is 0.262 e. The number of nitrogens with one attached hydrogen (secondary N) is 1. The van der Waals surface area contributed by atoms with Crippen molar-refractivity contribution in [2.75, 3.05) is 5.32 Å². The van der Waals surface area contributed by atoms with Gasteiger partial charge in [0.15, 0.2) is 5.17 Å². The summed E-state index contributed by atoms with van der Waals surface area (Å²) in [5.41, 5.74) is 7.19. The maximum absolute atomic E-state index is 12.8. The van der Waals surface area contributed by atoms with Crippen molar-refractivity contribution in [3.63, 3.8) is 0 Å². The van der Waals surface area contributed by atoms with Gasteiger partial charge in [-0.05, 0) is 43.5 Å². The molecule has 3 aromatic rings. The van der Waals surface area contributed by atoms with Crippen LogP contribution in [0.5, 0.6) is 0 Å². The SMILES string of the molecule is Cc1ccc(C2CC(c3ccccc3)=NN2C2=NC(=O)C(CC(=O)Nc3ccc(C)cc3C)S2)cc1. The molecule has 0 aliphatic carbocycles. The molecule has 2 unspecified atom stereocenters. The maximum atomic E-state index is 12.8. The van der Waals surface area contributed by atoms with Crippen molar-refractivity contribution in [1.29, 1.82) is 0 Å². The number of carbonyl (C=O) groups excluding carboxylic acids is 2. The van der Waals surface area contributed by atoms with Crippen molar-refractivity contribution in [2.45, 2.75) is 44.9 Å². The van der Waals surface area contributed by atoms with E-state index in [2.05, 4.69) is 41.5 Å². The number of anilines is 1. The van der Waals surface area contributed by atoms with Crippen molar-refractivity contribution >= 4 is 40.1 Å². The first kappa shape index (κ1) is 24.0. The average Bonchev–Trinajstić information content (AvgIpc) is 3.46. The number of nitrogens with zero attached hydrogens (tertiary/aromatic N) is 3. The topological polar surface area (TPSA) is 74.1 Å². The molecule has 1 N–H and O–H groups in total. The predicted molar refractivity (Wildman–Crippen MR) is 146 cm³/mol. The molecule has 36 heavy (non-hydrogen) atoms. The van der Waals surface area contributed by atoms with Crippen LogP contribution in [0.4, 0.5) is 5.69 Å². The molecule has 3 aromatic carbocycles. The summed E-state index contributed by atoms with van der Waals surface area (Å²) in [5, 5.41) is 9.67. The third-order valence-electron chi connectivity index (χ3n) is 6.43. The minimum Gasteiger partial charge on any atom is -0.326 e.